The predicted molar refractivity (Wildman–Crippen MR) is 143 cm³/mol. The number of aromatic nitrogens is 2. The lowest BCUT2D eigenvalue weighted by Gasteiger charge is -2.25. The molecule has 0 aliphatic heterocycles. The number of hydrogen-bond donors (Lipinski definition) is 1. The third-order valence-corrected chi connectivity index (χ3v) is 5.89. The van der Waals surface area contributed by atoms with Gasteiger partial charge in [-0.3, -0.25) is 4.90 Å². The van der Waals surface area contributed by atoms with E-state index in [-0.39, 0.29) is 6.61 Å². The first kappa shape index (κ1) is 25.5. The molecule has 1 atom stereocenters. The predicted octanol–water partition coefficient (Wildman–Crippen LogP) is 5.88. The molecular formula is C30H35N3O3. The summed E-state index contributed by atoms with van der Waals surface area (Å²) in [6.45, 7) is 6.45. The normalized spacial score (nSPS) is 12.0. The Kier molecular flexibility index (Phi) is 9.14. The van der Waals surface area contributed by atoms with Gasteiger partial charge in [-0.1, -0.05) is 68.4 Å². The molecule has 0 radical (unpaired) electrons. The number of ether oxygens (including phenoxy) is 2. The molecule has 0 bridgehead atoms. The van der Waals surface area contributed by atoms with Crippen molar-refractivity contribution in [2.75, 3.05) is 19.7 Å². The van der Waals surface area contributed by atoms with Crippen molar-refractivity contribution >= 4 is 0 Å². The second kappa shape index (κ2) is 12.9. The van der Waals surface area contributed by atoms with Crippen LogP contribution in [0.2, 0.25) is 0 Å². The van der Waals surface area contributed by atoms with Gasteiger partial charge in [0.25, 0.3) is 0 Å². The van der Waals surface area contributed by atoms with Crippen LogP contribution < -0.4 is 9.47 Å². The summed E-state index contributed by atoms with van der Waals surface area (Å²) in [6, 6.07) is 29.5. The molecule has 6 heteroatoms. The van der Waals surface area contributed by atoms with Crippen LogP contribution in [-0.4, -0.2) is 45.6 Å². The van der Waals surface area contributed by atoms with Crippen LogP contribution in [0.4, 0.5) is 0 Å². The lowest BCUT2D eigenvalue weighted by molar-refractivity contribution is 0.0653. The zero-order chi connectivity index (χ0) is 25.2. The third kappa shape index (κ3) is 6.74. The Hall–Kier alpha value is -3.61. The highest BCUT2D eigenvalue weighted by molar-refractivity contribution is 5.43. The summed E-state index contributed by atoms with van der Waals surface area (Å²) < 4.78 is 14.1. The number of para-hydroxylation sites is 3. The molecule has 6 nitrogen and oxygen atoms in total. The van der Waals surface area contributed by atoms with E-state index in [1.165, 1.54) is 0 Å². The highest BCUT2D eigenvalue weighted by Gasteiger charge is 2.23. The van der Waals surface area contributed by atoms with E-state index in [0.717, 1.165) is 47.8 Å². The fourth-order valence-corrected chi connectivity index (χ4v) is 4.20. The molecule has 0 unspecified atom stereocenters. The average molecular weight is 486 g/mol. The van der Waals surface area contributed by atoms with E-state index in [9.17, 15) is 5.11 Å². The molecular weight excluding hydrogens is 450 g/mol. The van der Waals surface area contributed by atoms with E-state index in [0.29, 0.717) is 19.0 Å². The Labute approximate surface area is 213 Å². The van der Waals surface area contributed by atoms with Gasteiger partial charge in [-0.15, -0.1) is 0 Å². The van der Waals surface area contributed by atoms with Gasteiger partial charge < -0.3 is 14.6 Å². The molecule has 0 spiro atoms. The summed E-state index contributed by atoms with van der Waals surface area (Å²) in [6.07, 6.45) is 1.12. The van der Waals surface area contributed by atoms with Gasteiger partial charge in [0.15, 0.2) is 0 Å². The molecule has 188 valence electrons. The second-order valence-electron chi connectivity index (χ2n) is 8.76. The van der Waals surface area contributed by atoms with E-state index in [4.69, 9.17) is 14.6 Å². The lowest BCUT2D eigenvalue weighted by atomic mass is 10.1. The van der Waals surface area contributed by atoms with Crippen molar-refractivity contribution in [3.63, 3.8) is 0 Å². The zero-order valence-electron chi connectivity index (χ0n) is 21.1. The monoisotopic (exact) mass is 485 g/mol. The van der Waals surface area contributed by atoms with Crippen molar-refractivity contribution < 1.29 is 14.6 Å². The highest BCUT2D eigenvalue weighted by atomic mass is 16.5. The third-order valence-electron chi connectivity index (χ3n) is 5.89. The molecule has 0 saturated heterocycles. The number of aliphatic hydroxyl groups excluding tert-OH is 1. The van der Waals surface area contributed by atoms with Crippen LogP contribution in [0, 0.1) is 0 Å². The molecule has 1 aromatic heterocycles. The smallest absolute Gasteiger partial charge is 0.227 e. The van der Waals surface area contributed by atoms with Crippen LogP contribution >= 0.6 is 0 Å². The summed E-state index contributed by atoms with van der Waals surface area (Å²) in [4.78, 5) is 2.25. The van der Waals surface area contributed by atoms with E-state index >= 15 is 0 Å². The van der Waals surface area contributed by atoms with Gasteiger partial charge in [0, 0.05) is 13.1 Å². The Morgan fingerprint density at radius 2 is 1.47 bits per heavy atom. The van der Waals surface area contributed by atoms with E-state index < -0.39 is 6.10 Å². The largest absolute Gasteiger partial charge is 0.491 e. The topological polar surface area (TPSA) is 59.8 Å². The van der Waals surface area contributed by atoms with Crippen molar-refractivity contribution in [2.24, 2.45) is 0 Å². The molecule has 0 fully saturated rings. The van der Waals surface area contributed by atoms with E-state index in [2.05, 4.69) is 18.7 Å². The van der Waals surface area contributed by atoms with Gasteiger partial charge in [0.05, 0.1) is 16.9 Å². The molecule has 4 rings (SSSR count). The first-order valence-corrected chi connectivity index (χ1v) is 12.6. The molecule has 36 heavy (non-hydrogen) atoms. The number of aryl methyl sites for hydroxylation is 1. The molecule has 1 heterocycles. The summed E-state index contributed by atoms with van der Waals surface area (Å²) >= 11 is 0. The minimum atomic E-state index is -0.621. The van der Waals surface area contributed by atoms with Gasteiger partial charge in [-0.2, -0.15) is 5.10 Å². The van der Waals surface area contributed by atoms with Crippen molar-refractivity contribution in [1.82, 2.24) is 14.7 Å². The van der Waals surface area contributed by atoms with Crippen LogP contribution in [0.1, 0.15) is 31.5 Å². The number of benzene rings is 3. The standard InChI is InChI=1S/C30H35N3O3/c1-3-20-32(21-25(34)23-35-26-16-10-6-11-17-26)22-28-29(4-2)31-33(24-14-8-5-9-15-24)30(28)36-27-18-12-7-13-19-27/h5-19,25,34H,3-4,20-23H2,1-2H3/t25-/m0/s1. The van der Waals surface area contributed by atoms with Gasteiger partial charge in [-0.25, -0.2) is 4.68 Å². The molecule has 0 aliphatic carbocycles. The average Bonchev–Trinajstić information content (AvgIpc) is 3.26. The van der Waals surface area contributed by atoms with Gasteiger partial charge >= 0.3 is 0 Å². The van der Waals surface area contributed by atoms with Crippen LogP contribution in [0.5, 0.6) is 17.4 Å². The molecule has 4 aromatic rings. The van der Waals surface area contributed by atoms with Crippen LogP contribution in [-0.2, 0) is 13.0 Å². The lowest BCUT2D eigenvalue weighted by Crippen LogP contribution is -2.36. The highest BCUT2D eigenvalue weighted by Crippen LogP contribution is 2.32. The van der Waals surface area contributed by atoms with E-state index in [1.807, 2.05) is 95.7 Å². The number of nitrogens with zero attached hydrogens (tertiary/aromatic N) is 3. The molecule has 0 amide bonds. The summed E-state index contributed by atoms with van der Waals surface area (Å²) in [5, 5.41) is 15.7. The fraction of sp³-hybridized carbons (Fsp3) is 0.300. The van der Waals surface area contributed by atoms with Crippen molar-refractivity contribution in [2.45, 2.75) is 39.3 Å². The van der Waals surface area contributed by atoms with Crippen molar-refractivity contribution in [3.8, 4) is 23.1 Å². The Morgan fingerprint density at radius 1 is 0.861 bits per heavy atom. The fourth-order valence-electron chi connectivity index (χ4n) is 4.20. The van der Waals surface area contributed by atoms with Crippen molar-refractivity contribution in [3.05, 3.63) is 102 Å². The number of aliphatic hydroxyl groups is 1. The quantitative estimate of drug-likeness (QED) is 0.256. The number of hydrogen-bond acceptors (Lipinski definition) is 5. The molecule has 1 N–H and O–H groups in total. The first-order chi connectivity index (χ1) is 17.7. The minimum absolute atomic E-state index is 0.238. The maximum Gasteiger partial charge on any atom is 0.227 e. The van der Waals surface area contributed by atoms with Gasteiger partial charge in [-0.05, 0) is 55.8 Å². The molecule has 3 aromatic carbocycles. The Bertz CT molecular complexity index is 1180. The zero-order valence-corrected chi connectivity index (χ0v) is 21.1. The Balaban J connectivity index is 1.59. The van der Waals surface area contributed by atoms with Crippen LogP contribution in [0.25, 0.3) is 5.69 Å². The van der Waals surface area contributed by atoms with Gasteiger partial charge in [0.2, 0.25) is 5.88 Å². The van der Waals surface area contributed by atoms with Crippen LogP contribution in [0.3, 0.4) is 0 Å². The number of rotatable bonds is 13. The SMILES string of the molecule is CCCN(Cc1c(CC)nn(-c2ccccc2)c1Oc1ccccc1)C[C@H](O)COc1ccccc1. The molecule has 0 saturated carbocycles. The Morgan fingerprint density at radius 3 is 2.08 bits per heavy atom. The summed E-state index contributed by atoms with van der Waals surface area (Å²) in [5.41, 5.74) is 2.97. The summed E-state index contributed by atoms with van der Waals surface area (Å²) in [7, 11) is 0. The maximum absolute atomic E-state index is 10.8. The second-order valence-corrected chi connectivity index (χ2v) is 8.76. The van der Waals surface area contributed by atoms with Gasteiger partial charge in [0.1, 0.15) is 24.2 Å². The van der Waals surface area contributed by atoms with Crippen molar-refractivity contribution in [1.29, 1.82) is 0 Å². The summed E-state index contributed by atoms with van der Waals surface area (Å²) in [5.74, 6) is 2.23. The first-order valence-electron chi connectivity index (χ1n) is 12.6. The van der Waals surface area contributed by atoms with E-state index in [1.54, 1.807) is 0 Å². The maximum atomic E-state index is 10.8. The van der Waals surface area contributed by atoms with Crippen LogP contribution in [0.15, 0.2) is 91.0 Å². The minimum Gasteiger partial charge on any atom is -0.491 e. The molecule has 0 aliphatic rings.